The third-order valence-corrected chi connectivity index (χ3v) is 4.43. The van der Waals surface area contributed by atoms with Gasteiger partial charge in [0.25, 0.3) is 0 Å². The Bertz CT molecular complexity index is 283. The molecule has 0 radical (unpaired) electrons. The zero-order valence-electron chi connectivity index (χ0n) is 10.9. The molecule has 4 unspecified atom stereocenters. The summed E-state index contributed by atoms with van der Waals surface area (Å²) in [4.78, 5) is 13.7. The summed E-state index contributed by atoms with van der Waals surface area (Å²) in [5, 5.41) is 0. The number of rotatable bonds is 5. The molecule has 0 saturated heterocycles. The van der Waals surface area contributed by atoms with Gasteiger partial charge in [-0.2, -0.15) is 0 Å². The molecule has 0 aromatic heterocycles. The molecular formula is C13H24N2O2. The van der Waals surface area contributed by atoms with Crippen LogP contribution in [-0.2, 0) is 9.53 Å². The molecule has 0 aromatic rings. The van der Waals surface area contributed by atoms with Crippen molar-refractivity contribution in [2.24, 2.45) is 23.5 Å². The Morgan fingerprint density at radius 2 is 2.24 bits per heavy atom. The highest BCUT2D eigenvalue weighted by Crippen LogP contribution is 2.48. The SMILES string of the molecule is COCC(N)C(=O)N(C)CC1CC2CCC1C2. The van der Waals surface area contributed by atoms with Crippen LogP contribution in [0.25, 0.3) is 0 Å². The topological polar surface area (TPSA) is 55.6 Å². The lowest BCUT2D eigenvalue weighted by Gasteiger charge is -2.28. The van der Waals surface area contributed by atoms with Gasteiger partial charge in [0.05, 0.1) is 6.61 Å². The fourth-order valence-corrected chi connectivity index (χ4v) is 3.58. The lowest BCUT2D eigenvalue weighted by atomic mass is 9.88. The molecule has 0 heterocycles. The molecule has 0 aliphatic heterocycles. The van der Waals surface area contributed by atoms with Gasteiger partial charge in [0, 0.05) is 20.7 Å². The van der Waals surface area contributed by atoms with Crippen molar-refractivity contribution in [1.82, 2.24) is 4.90 Å². The summed E-state index contributed by atoms with van der Waals surface area (Å²) in [6.07, 6.45) is 5.46. The fourth-order valence-electron chi connectivity index (χ4n) is 3.58. The summed E-state index contributed by atoms with van der Waals surface area (Å²) in [7, 11) is 3.44. The molecule has 4 nitrogen and oxygen atoms in total. The van der Waals surface area contributed by atoms with E-state index in [4.69, 9.17) is 10.5 Å². The van der Waals surface area contributed by atoms with Crippen LogP contribution in [0.5, 0.6) is 0 Å². The molecule has 2 aliphatic carbocycles. The van der Waals surface area contributed by atoms with Crippen LogP contribution in [0.4, 0.5) is 0 Å². The van der Waals surface area contributed by atoms with Crippen molar-refractivity contribution in [2.45, 2.75) is 31.7 Å². The van der Waals surface area contributed by atoms with Gasteiger partial charge in [-0.15, -0.1) is 0 Å². The maximum absolute atomic E-state index is 11.9. The number of hydrogen-bond donors (Lipinski definition) is 1. The van der Waals surface area contributed by atoms with Crippen LogP contribution in [0, 0.1) is 17.8 Å². The van der Waals surface area contributed by atoms with Crippen LogP contribution in [0.2, 0.25) is 0 Å². The van der Waals surface area contributed by atoms with Gasteiger partial charge in [-0.3, -0.25) is 4.79 Å². The van der Waals surface area contributed by atoms with Gasteiger partial charge in [-0.1, -0.05) is 6.42 Å². The highest BCUT2D eigenvalue weighted by atomic mass is 16.5. The molecule has 2 rings (SSSR count). The molecule has 2 saturated carbocycles. The minimum absolute atomic E-state index is 0.00891. The van der Waals surface area contributed by atoms with E-state index >= 15 is 0 Å². The maximum atomic E-state index is 11.9. The Kier molecular flexibility index (Phi) is 4.05. The maximum Gasteiger partial charge on any atom is 0.241 e. The normalized spacial score (nSPS) is 32.8. The summed E-state index contributed by atoms with van der Waals surface area (Å²) in [5.41, 5.74) is 5.76. The lowest BCUT2D eigenvalue weighted by molar-refractivity contribution is -0.133. The van der Waals surface area contributed by atoms with Gasteiger partial charge in [0.2, 0.25) is 5.91 Å². The van der Waals surface area contributed by atoms with Crippen LogP contribution in [0.1, 0.15) is 25.7 Å². The molecule has 0 spiro atoms. The molecule has 2 N–H and O–H groups in total. The zero-order valence-corrected chi connectivity index (χ0v) is 10.9. The Balaban J connectivity index is 1.80. The van der Waals surface area contributed by atoms with E-state index in [1.165, 1.54) is 25.7 Å². The molecule has 0 aromatic carbocycles. The predicted octanol–water partition coefficient (Wildman–Crippen LogP) is 0.855. The van der Waals surface area contributed by atoms with Crippen LogP contribution in [0.15, 0.2) is 0 Å². The van der Waals surface area contributed by atoms with Crippen molar-refractivity contribution in [3.8, 4) is 0 Å². The predicted molar refractivity (Wildman–Crippen MR) is 66.4 cm³/mol. The first-order valence-corrected chi connectivity index (χ1v) is 6.61. The van der Waals surface area contributed by atoms with E-state index in [1.54, 1.807) is 12.0 Å². The second kappa shape index (κ2) is 5.36. The summed E-state index contributed by atoms with van der Waals surface area (Å²) < 4.78 is 4.92. The summed E-state index contributed by atoms with van der Waals surface area (Å²) >= 11 is 0. The number of carbonyl (C=O) groups excluding carboxylic acids is 1. The minimum Gasteiger partial charge on any atom is -0.383 e. The molecule has 2 aliphatic rings. The monoisotopic (exact) mass is 240 g/mol. The van der Waals surface area contributed by atoms with Crippen molar-refractivity contribution in [1.29, 1.82) is 0 Å². The molecule has 2 fully saturated rings. The molecule has 4 atom stereocenters. The standard InChI is InChI=1S/C13H24N2O2/c1-15(13(16)12(14)8-17-2)7-11-6-9-3-4-10(11)5-9/h9-12H,3-8,14H2,1-2H3. The van der Waals surface area contributed by atoms with Crippen LogP contribution < -0.4 is 5.73 Å². The van der Waals surface area contributed by atoms with Crippen molar-refractivity contribution in [2.75, 3.05) is 27.3 Å². The summed E-state index contributed by atoms with van der Waals surface area (Å²) in [6.45, 7) is 1.18. The van der Waals surface area contributed by atoms with Crippen molar-refractivity contribution < 1.29 is 9.53 Å². The Labute approximate surface area is 103 Å². The number of likely N-dealkylation sites (N-methyl/N-ethyl adjacent to an activating group) is 1. The molecule has 4 heteroatoms. The number of fused-ring (bicyclic) bond motifs is 2. The zero-order chi connectivity index (χ0) is 12.4. The second-order valence-corrected chi connectivity index (χ2v) is 5.72. The Morgan fingerprint density at radius 1 is 1.47 bits per heavy atom. The number of nitrogens with two attached hydrogens (primary N) is 1. The number of hydrogen-bond acceptors (Lipinski definition) is 3. The highest BCUT2D eigenvalue weighted by Gasteiger charge is 2.40. The first-order chi connectivity index (χ1) is 8.11. The van der Waals surface area contributed by atoms with E-state index in [2.05, 4.69) is 0 Å². The van der Waals surface area contributed by atoms with Crippen molar-refractivity contribution in [3.63, 3.8) is 0 Å². The molecule has 1 amide bonds. The molecular weight excluding hydrogens is 216 g/mol. The van der Waals surface area contributed by atoms with Crippen molar-refractivity contribution >= 4 is 5.91 Å². The number of ether oxygens (including phenoxy) is 1. The second-order valence-electron chi connectivity index (χ2n) is 5.72. The van der Waals surface area contributed by atoms with Gasteiger partial charge < -0.3 is 15.4 Å². The Morgan fingerprint density at radius 3 is 2.76 bits per heavy atom. The largest absolute Gasteiger partial charge is 0.383 e. The molecule has 17 heavy (non-hydrogen) atoms. The average Bonchev–Trinajstić information content (AvgIpc) is 2.90. The quantitative estimate of drug-likeness (QED) is 0.775. The highest BCUT2D eigenvalue weighted by molar-refractivity contribution is 5.81. The van der Waals surface area contributed by atoms with Gasteiger partial charge in [0.1, 0.15) is 6.04 Å². The van der Waals surface area contributed by atoms with Gasteiger partial charge in [-0.25, -0.2) is 0 Å². The Hall–Kier alpha value is -0.610. The molecule has 98 valence electrons. The summed E-state index contributed by atoms with van der Waals surface area (Å²) in [6, 6.07) is -0.511. The third-order valence-electron chi connectivity index (χ3n) is 4.43. The van der Waals surface area contributed by atoms with E-state index in [1.807, 2.05) is 7.05 Å². The van der Waals surface area contributed by atoms with E-state index in [0.717, 1.165) is 18.4 Å². The number of carbonyl (C=O) groups is 1. The average molecular weight is 240 g/mol. The van der Waals surface area contributed by atoms with Gasteiger partial charge in [-0.05, 0) is 37.0 Å². The van der Waals surface area contributed by atoms with E-state index in [0.29, 0.717) is 12.5 Å². The summed E-state index contributed by atoms with van der Waals surface area (Å²) in [5.74, 6) is 2.50. The number of nitrogens with zero attached hydrogens (tertiary/aromatic N) is 1. The third kappa shape index (κ3) is 2.80. The minimum atomic E-state index is -0.511. The van der Waals surface area contributed by atoms with E-state index in [-0.39, 0.29) is 5.91 Å². The van der Waals surface area contributed by atoms with Crippen molar-refractivity contribution in [3.05, 3.63) is 0 Å². The van der Waals surface area contributed by atoms with Crippen LogP contribution in [0.3, 0.4) is 0 Å². The number of methoxy groups -OCH3 is 1. The molecule has 2 bridgehead atoms. The van der Waals surface area contributed by atoms with E-state index in [9.17, 15) is 4.79 Å². The first kappa shape index (κ1) is 12.8. The number of amides is 1. The van der Waals surface area contributed by atoms with Gasteiger partial charge >= 0.3 is 0 Å². The lowest BCUT2D eigenvalue weighted by Crippen LogP contribution is -2.46. The van der Waals surface area contributed by atoms with Crippen LogP contribution in [-0.4, -0.2) is 44.2 Å². The van der Waals surface area contributed by atoms with Crippen LogP contribution >= 0.6 is 0 Å². The van der Waals surface area contributed by atoms with Gasteiger partial charge in [0.15, 0.2) is 0 Å². The van der Waals surface area contributed by atoms with E-state index < -0.39 is 6.04 Å². The fraction of sp³-hybridized carbons (Fsp3) is 0.923. The smallest absolute Gasteiger partial charge is 0.241 e. The first-order valence-electron chi connectivity index (χ1n) is 6.61.